The van der Waals surface area contributed by atoms with E-state index in [2.05, 4.69) is 55.4 Å². The Morgan fingerprint density at radius 1 is 1.24 bits per heavy atom. The minimum atomic E-state index is 0.467. The van der Waals surface area contributed by atoms with Crippen LogP contribution in [0.4, 0.5) is 0 Å². The van der Waals surface area contributed by atoms with Crippen LogP contribution in [-0.2, 0) is 0 Å². The van der Waals surface area contributed by atoms with E-state index in [1.54, 1.807) is 5.56 Å². The van der Waals surface area contributed by atoms with Crippen molar-refractivity contribution >= 4 is 0 Å². The number of nitrogens with one attached hydrogen (secondary N) is 1. The molecule has 1 saturated carbocycles. The van der Waals surface area contributed by atoms with Gasteiger partial charge in [0.25, 0.3) is 0 Å². The van der Waals surface area contributed by atoms with E-state index < -0.39 is 0 Å². The molecule has 21 heavy (non-hydrogen) atoms. The van der Waals surface area contributed by atoms with Gasteiger partial charge in [0.2, 0.25) is 0 Å². The fourth-order valence-corrected chi connectivity index (χ4v) is 4.39. The maximum Gasteiger partial charge on any atom is 0.0161 e. The highest BCUT2D eigenvalue weighted by Gasteiger charge is 2.36. The Morgan fingerprint density at radius 2 is 2.00 bits per heavy atom. The molecular weight excluding hydrogens is 256 g/mol. The molecule has 3 rings (SSSR count). The number of rotatable bonds is 4. The first-order chi connectivity index (χ1) is 10.1. The van der Waals surface area contributed by atoms with E-state index in [1.165, 1.54) is 50.9 Å². The number of hydrogen-bond acceptors (Lipinski definition) is 2. The lowest BCUT2D eigenvalue weighted by molar-refractivity contribution is 0.152. The van der Waals surface area contributed by atoms with Gasteiger partial charge in [0, 0.05) is 19.1 Å². The molecule has 2 heteroatoms. The van der Waals surface area contributed by atoms with Crippen LogP contribution in [0.25, 0.3) is 0 Å². The lowest BCUT2D eigenvalue weighted by Gasteiger charge is -2.36. The van der Waals surface area contributed by atoms with Crippen LogP contribution in [0.2, 0.25) is 0 Å². The zero-order valence-electron chi connectivity index (χ0n) is 13.9. The van der Waals surface area contributed by atoms with Gasteiger partial charge in [-0.3, -0.25) is 0 Å². The van der Waals surface area contributed by atoms with Gasteiger partial charge in [0.05, 0.1) is 0 Å². The topological polar surface area (TPSA) is 15.3 Å². The molecule has 1 aromatic rings. The molecule has 1 aromatic carbocycles. The Bertz CT molecular complexity index is 459. The Kier molecular flexibility index (Phi) is 4.37. The van der Waals surface area contributed by atoms with Gasteiger partial charge in [-0.15, -0.1) is 0 Å². The van der Waals surface area contributed by atoms with Crippen molar-refractivity contribution < 1.29 is 0 Å². The largest absolute Gasteiger partial charge is 0.316 e. The first kappa shape index (κ1) is 15.1. The van der Waals surface area contributed by atoms with Gasteiger partial charge in [-0.1, -0.05) is 43.2 Å². The Morgan fingerprint density at radius 3 is 2.67 bits per heavy atom. The highest BCUT2D eigenvalue weighted by atomic mass is 15.2. The van der Waals surface area contributed by atoms with Crippen molar-refractivity contribution in [1.29, 1.82) is 0 Å². The summed E-state index contributed by atoms with van der Waals surface area (Å²) in [4.78, 5) is 2.66. The van der Waals surface area contributed by atoms with Crippen molar-refractivity contribution in [2.45, 2.75) is 51.5 Å². The standard InChI is InChI=1S/C19H30N2/c1-15-7-9-16(10-8-15)17-5-4-6-18(17)21(3)14-19(2)11-12-20-13-19/h7-10,17-18,20H,4-6,11-14H2,1-3H3. The van der Waals surface area contributed by atoms with Gasteiger partial charge in [0.15, 0.2) is 0 Å². The lowest BCUT2D eigenvalue weighted by atomic mass is 9.87. The van der Waals surface area contributed by atoms with Gasteiger partial charge in [0.1, 0.15) is 0 Å². The molecule has 0 bridgehead atoms. The number of nitrogens with zero attached hydrogens (tertiary/aromatic N) is 1. The fourth-order valence-electron chi connectivity index (χ4n) is 4.39. The van der Waals surface area contributed by atoms with E-state index in [0.717, 1.165) is 12.0 Å². The highest BCUT2D eigenvalue weighted by Crippen LogP contribution is 2.39. The van der Waals surface area contributed by atoms with Gasteiger partial charge in [-0.25, -0.2) is 0 Å². The summed E-state index contributed by atoms with van der Waals surface area (Å²) < 4.78 is 0. The first-order valence-corrected chi connectivity index (χ1v) is 8.55. The summed E-state index contributed by atoms with van der Waals surface area (Å²) in [6.07, 6.45) is 5.41. The van der Waals surface area contributed by atoms with E-state index in [-0.39, 0.29) is 0 Å². The maximum atomic E-state index is 3.53. The second-order valence-electron chi connectivity index (χ2n) is 7.67. The summed E-state index contributed by atoms with van der Waals surface area (Å²) in [5, 5.41) is 3.53. The summed E-state index contributed by atoms with van der Waals surface area (Å²) in [5.41, 5.74) is 3.38. The number of benzene rings is 1. The van der Waals surface area contributed by atoms with E-state index in [9.17, 15) is 0 Å². The summed E-state index contributed by atoms with van der Waals surface area (Å²) in [6.45, 7) is 8.22. The van der Waals surface area contributed by atoms with Crippen LogP contribution < -0.4 is 5.32 Å². The Hall–Kier alpha value is -0.860. The molecule has 2 nitrogen and oxygen atoms in total. The molecule has 1 aliphatic carbocycles. The van der Waals surface area contributed by atoms with Crippen LogP contribution in [0, 0.1) is 12.3 Å². The molecule has 1 saturated heterocycles. The Balaban J connectivity index is 1.69. The van der Waals surface area contributed by atoms with Gasteiger partial charge in [-0.2, -0.15) is 0 Å². The summed E-state index contributed by atoms with van der Waals surface area (Å²) >= 11 is 0. The van der Waals surface area contributed by atoms with E-state index in [1.807, 2.05) is 0 Å². The molecule has 1 heterocycles. The fraction of sp³-hybridized carbons (Fsp3) is 0.684. The average Bonchev–Trinajstić information content (AvgIpc) is 3.08. The molecule has 116 valence electrons. The predicted octanol–water partition coefficient (Wildman–Crippen LogP) is 3.56. The van der Waals surface area contributed by atoms with Crippen molar-refractivity contribution in [3.8, 4) is 0 Å². The van der Waals surface area contributed by atoms with Crippen LogP contribution in [0.5, 0.6) is 0 Å². The second-order valence-corrected chi connectivity index (χ2v) is 7.67. The number of aryl methyl sites for hydroxylation is 1. The number of hydrogen-bond donors (Lipinski definition) is 1. The van der Waals surface area contributed by atoms with E-state index >= 15 is 0 Å². The van der Waals surface area contributed by atoms with Crippen LogP contribution in [-0.4, -0.2) is 37.6 Å². The van der Waals surface area contributed by atoms with E-state index in [4.69, 9.17) is 0 Å². The predicted molar refractivity (Wildman–Crippen MR) is 89.8 cm³/mol. The summed E-state index contributed by atoms with van der Waals surface area (Å²) in [7, 11) is 2.35. The van der Waals surface area contributed by atoms with Crippen molar-refractivity contribution in [1.82, 2.24) is 10.2 Å². The molecule has 0 spiro atoms. The average molecular weight is 286 g/mol. The van der Waals surface area contributed by atoms with Crippen molar-refractivity contribution in [2.24, 2.45) is 5.41 Å². The third kappa shape index (κ3) is 3.32. The van der Waals surface area contributed by atoms with Crippen LogP contribution >= 0.6 is 0 Å². The first-order valence-electron chi connectivity index (χ1n) is 8.55. The molecule has 1 aliphatic heterocycles. The quantitative estimate of drug-likeness (QED) is 0.910. The van der Waals surface area contributed by atoms with Gasteiger partial charge < -0.3 is 10.2 Å². The Labute approximate surface area is 129 Å². The van der Waals surface area contributed by atoms with Crippen LogP contribution in [0.1, 0.15) is 49.7 Å². The van der Waals surface area contributed by atoms with Crippen molar-refractivity contribution in [3.05, 3.63) is 35.4 Å². The molecule has 0 radical (unpaired) electrons. The third-order valence-electron chi connectivity index (χ3n) is 5.64. The van der Waals surface area contributed by atoms with Crippen LogP contribution in [0.15, 0.2) is 24.3 Å². The molecule has 3 unspecified atom stereocenters. The minimum absolute atomic E-state index is 0.467. The molecule has 2 fully saturated rings. The molecule has 1 N–H and O–H groups in total. The van der Waals surface area contributed by atoms with Crippen LogP contribution in [0.3, 0.4) is 0 Å². The summed E-state index contributed by atoms with van der Waals surface area (Å²) in [5.74, 6) is 0.730. The minimum Gasteiger partial charge on any atom is -0.316 e. The molecular formula is C19H30N2. The maximum absolute atomic E-state index is 3.53. The smallest absolute Gasteiger partial charge is 0.0161 e. The zero-order valence-corrected chi connectivity index (χ0v) is 13.9. The monoisotopic (exact) mass is 286 g/mol. The highest BCUT2D eigenvalue weighted by molar-refractivity contribution is 5.26. The second kappa shape index (κ2) is 6.10. The van der Waals surface area contributed by atoms with Gasteiger partial charge in [-0.05, 0) is 56.7 Å². The van der Waals surface area contributed by atoms with E-state index in [0.29, 0.717) is 5.41 Å². The van der Waals surface area contributed by atoms with Gasteiger partial charge >= 0.3 is 0 Å². The van der Waals surface area contributed by atoms with Crippen molar-refractivity contribution in [2.75, 3.05) is 26.7 Å². The zero-order chi connectivity index (χ0) is 14.9. The molecule has 2 aliphatic rings. The third-order valence-corrected chi connectivity index (χ3v) is 5.64. The number of likely N-dealkylation sites (N-methyl/N-ethyl adjacent to an activating group) is 1. The molecule has 0 aromatic heterocycles. The molecule has 0 amide bonds. The normalized spacial score (nSPS) is 33.0. The lowest BCUT2D eigenvalue weighted by Crippen LogP contribution is -2.42. The van der Waals surface area contributed by atoms with Crippen molar-refractivity contribution in [3.63, 3.8) is 0 Å². The summed E-state index contributed by atoms with van der Waals surface area (Å²) in [6, 6.07) is 9.97. The SMILES string of the molecule is Cc1ccc(C2CCCC2N(C)CC2(C)CCNC2)cc1. The molecule has 3 atom stereocenters.